The van der Waals surface area contributed by atoms with E-state index in [0.29, 0.717) is 17.6 Å². The van der Waals surface area contributed by atoms with Gasteiger partial charge in [0.2, 0.25) is 0 Å². The molecule has 0 bridgehead atoms. The summed E-state index contributed by atoms with van der Waals surface area (Å²) in [6.07, 6.45) is -1.13. The summed E-state index contributed by atoms with van der Waals surface area (Å²) in [7, 11) is -3.99. The predicted molar refractivity (Wildman–Crippen MR) is 95.0 cm³/mol. The molecule has 0 saturated heterocycles. The molecule has 0 aliphatic rings. The number of nitrogens with one attached hydrogen (secondary N) is 2. The highest BCUT2D eigenvalue weighted by Gasteiger charge is 2.19. The van der Waals surface area contributed by atoms with Gasteiger partial charge < -0.3 is 14.9 Å². The second-order valence-electron chi connectivity index (χ2n) is 4.88. The van der Waals surface area contributed by atoms with Crippen LogP contribution in [0.4, 0.5) is 4.79 Å². The Kier molecular flexibility index (Phi) is 7.38. The molecule has 9 heteroatoms. The van der Waals surface area contributed by atoms with E-state index in [2.05, 4.69) is 26.1 Å². The summed E-state index contributed by atoms with van der Waals surface area (Å²) in [6.45, 7) is 1.08. The van der Waals surface area contributed by atoms with Gasteiger partial charge in [-0.25, -0.2) is 13.2 Å². The maximum atomic E-state index is 12.0. The summed E-state index contributed by atoms with van der Waals surface area (Å²) < 4.78 is 29.1. The lowest BCUT2D eigenvalue weighted by atomic mass is 10.2. The standard InChI is InChI=1S/C16H17BrN2O5S/c17-14-8-4-5-9-15(14)25(21,22)19-24-16(20)23-11-10-18-12-13-6-2-1-3-7-13/h1-9,18-19H,10-12H2. The van der Waals surface area contributed by atoms with E-state index >= 15 is 0 Å². The fourth-order valence-electron chi connectivity index (χ4n) is 1.86. The van der Waals surface area contributed by atoms with Crippen LogP contribution in [-0.4, -0.2) is 27.7 Å². The van der Waals surface area contributed by atoms with Crippen LogP contribution in [-0.2, 0) is 26.1 Å². The van der Waals surface area contributed by atoms with E-state index in [0.717, 1.165) is 5.56 Å². The molecule has 0 aromatic heterocycles. The van der Waals surface area contributed by atoms with Crippen LogP contribution in [0.2, 0.25) is 0 Å². The van der Waals surface area contributed by atoms with E-state index in [1.807, 2.05) is 30.3 Å². The lowest BCUT2D eigenvalue weighted by Crippen LogP contribution is -2.29. The first-order valence-electron chi connectivity index (χ1n) is 7.33. The molecule has 2 N–H and O–H groups in total. The van der Waals surface area contributed by atoms with Gasteiger partial charge in [-0.3, -0.25) is 0 Å². The largest absolute Gasteiger partial charge is 0.528 e. The van der Waals surface area contributed by atoms with Crippen LogP contribution >= 0.6 is 15.9 Å². The highest BCUT2D eigenvalue weighted by Crippen LogP contribution is 2.20. The molecule has 0 fully saturated rings. The Morgan fingerprint density at radius 1 is 1.04 bits per heavy atom. The van der Waals surface area contributed by atoms with Crippen molar-refractivity contribution in [1.29, 1.82) is 0 Å². The van der Waals surface area contributed by atoms with Crippen molar-refractivity contribution in [2.45, 2.75) is 11.4 Å². The Labute approximate surface area is 154 Å². The molecule has 0 saturated carbocycles. The van der Waals surface area contributed by atoms with Crippen molar-refractivity contribution >= 4 is 32.1 Å². The molecule has 7 nitrogen and oxygen atoms in total. The van der Waals surface area contributed by atoms with Gasteiger partial charge in [-0.15, -0.1) is 0 Å². The molecule has 0 spiro atoms. The summed E-state index contributed by atoms with van der Waals surface area (Å²) in [5.41, 5.74) is 1.10. The number of sulfonamides is 1. The molecule has 2 aromatic rings. The van der Waals surface area contributed by atoms with Crippen LogP contribution in [0.15, 0.2) is 64.0 Å². The Morgan fingerprint density at radius 3 is 2.44 bits per heavy atom. The maximum Gasteiger partial charge on any atom is 0.528 e. The Morgan fingerprint density at radius 2 is 1.72 bits per heavy atom. The van der Waals surface area contributed by atoms with Crippen LogP contribution in [0.25, 0.3) is 0 Å². The van der Waals surface area contributed by atoms with Crippen LogP contribution in [0, 0.1) is 0 Å². The lowest BCUT2D eigenvalue weighted by molar-refractivity contribution is 0.0399. The molecule has 0 aliphatic heterocycles. The SMILES string of the molecule is O=C(OCCNCc1ccccc1)ONS(=O)(=O)c1ccccc1Br. The van der Waals surface area contributed by atoms with Gasteiger partial charge in [-0.1, -0.05) is 42.5 Å². The summed E-state index contributed by atoms with van der Waals surface area (Å²) in [6, 6.07) is 15.9. The molecule has 25 heavy (non-hydrogen) atoms. The molecule has 0 aliphatic carbocycles. The van der Waals surface area contributed by atoms with Gasteiger partial charge in [0.25, 0.3) is 10.0 Å². The molecule has 134 valence electrons. The number of hydrogen-bond donors (Lipinski definition) is 2. The Balaban J connectivity index is 1.68. The van der Waals surface area contributed by atoms with Crippen molar-refractivity contribution in [3.63, 3.8) is 0 Å². The van der Waals surface area contributed by atoms with Crippen LogP contribution in [0.5, 0.6) is 0 Å². The zero-order valence-corrected chi connectivity index (χ0v) is 15.5. The lowest BCUT2D eigenvalue weighted by Gasteiger charge is -2.09. The van der Waals surface area contributed by atoms with E-state index in [4.69, 9.17) is 4.74 Å². The van der Waals surface area contributed by atoms with Crippen molar-refractivity contribution in [2.75, 3.05) is 13.2 Å². The van der Waals surface area contributed by atoms with Gasteiger partial charge in [-0.2, -0.15) is 0 Å². The monoisotopic (exact) mass is 428 g/mol. The van der Waals surface area contributed by atoms with Gasteiger partial charge in [-0.05, 0) is 38.5 Å². The molecular weight excluding hydrogens is 412 g/mol. The first kappa shape index (κ1) is 19.4. The van der Waals surface area contributed by atoms with Crippen molar-refractivity contribution in [2.24, 2.45) is 0 Å². The third-order valence-corrected chi connectivity index (χ3v) is 5.22. The normalized spacial score (nSPS) is 11.1. The highest BCUT2D eigenvalue weighted by atomic mass is 79.9. The smallest absolute Gasteiger partial charge is 0.432 e. The average Bonchev–Trinajstić information content (AvgIpc) is 2.61. The fraction of sp³-hybridized carbons (Fsp3) is 0.188. The minimum absolute atomic E-state index is 0.0441. The summed E-state index contributed by atoms with van der Waals surface area (Å²) in [4.78, 5) is 17.5. The molecule has 0 amide bonds. The molecule has 2 rings (SSSR count). The summed E-state index contributed by atoms with van der Waals surface area (Å²) in [5, 5.41) is 3.09. The summed E-state index contributed by atoms with van der Waals surface area (Å²) in [5.74, 6) is 0. The van der Waals surface area contributed by atoms with Crippen molar-refractivity contribution in [3.05, 3.63) is 64.6 Å². The topological polar surface area (TPSA) is 93.7 Å². The fourth-order valence-corrected chi connectivity index (χ4v) is 3.64. The number of carbonyl (C=O) groups is 1. The predicted octanol–water partition coefficient (Wildman–Crippen LogP) is 2.59. The molecule has 2 aromatic carbocycles. The van der Waals surface area contributed by atoms with Gasteiger partial charge in [0.15, 0.2) is 0 Å². The summed E-state index contributed by atoms with van der Waals surface area (Å²) >= 11 is 3.12. The third-order valence-electron chi connectivity index (χ3n) is 3.03. The van der Waals surface area contributed by atoms with Gasteiger partial charge in [0.05, 0.1) is 4.90 Å². The van der Waals surface area contributed by atoms with E-state index in [9.17, 15) is 13.2 Å². The number of halogens is 1. The second kappa shape index (κ2) is 9.52. The Bertz CT molecular complexity index is 799. The molecular formula is C16H17BrN2O5S. The minimum Gasteiger partial charge on any atom is -0.432 e. The van der Waals surface area contributed by atoms with E-state index < -0.39 is 16.2 Å². The van der Waals surface area contributed by atoms with E-state index in [1.165, 1.54) is 6.07 Å². The first-order valence-corrected chi connectivity index (χ1v) is 9.61. The number of hydrogen-bond acceptors (Lipinski definition) is 6. The van der Waals surface area contributed by atoms with Crippen molar-refractivity contribution < 1.29 is 22.8 Å². The molecule has 0 radical (unpaired) electrons. The number of ether oxygens (including phenoxy) is 1. The second-order valence-corrected chi connectivity index (χ2v) is 7.35. The molecule has 0 atom stereocenters. The quantitative estimate of drug-likeness (QED) is 0.381. The van der Waals surface area contributed by atoms with Gasteiger partial charge in [0, 0.05) is 17.6 Å². The number of rotatable bonds is 8. The molecule has 0 unspecified atom stereocenters. The van der Waals surface area contributed by atoms with Crippen LogP contribution < -0.4 is 10.2 Å². The zero-order chi connectivity index (χ0) is 18.1. The maximum absolute atomic E-state index is 12.0. The van der Waals surface area contributed by atoms with E-state index in [-0.39, 0.29) is 11.5 Å². The number of carbonyl (C=O) groups excluding carboxylic acids is 1. The van der Waals surface area contributed by atoms with Crippen molar-refractivity contribution in [1.82, 2.24) is 10.2 Å². The van der Waals surface area contributed by atoms with Crippen LogP contribution in [0.1, 0.15) is 5.56 Å². The van der Waals surface area contributed by atoms with Gasteiger partial charge in [0.1, 0.15) is 6.61 Å². The van der Waals surface area contributed by atoms with Crippen LogP contribution in [0.3, 0.4) is 0 Å². The van der Waals surface area contributed by atoms with E-state index in [1.54, 1.807) is 23.1 Å². The average molecular weight is 429 g/mol. The Hall–Kier alpha value is -1.94. The highest BCUT2D eigenvalue weighted by molar-refractivity contribution is 9.10. The van der Waals surface area contributed by atoms with Gasteiger partial charge >= 0.3 is 6.16 Å². The molecule has 0 heterocycles. The minimum atomic E-state index is -3.99. The first-order chi connectivity index (χ1) is 12.0. The zero-order valence-electron chi connectivity index (χ0n) is 13.1. The third kappa shape index (κ3) is 6.46. The number of benzene rings is 2. The van der Waals surface area contributed by atoms with Crippen molar-refractivity contribution in [3.8, 4) is 0 Å².